The molecule has 11 heavy (non-hydrogen) atoms. The molecular formula is C6H5ClN2O2. The van der Waals surface area contributed by atoms with E-state index in [9.17, 15) is 4.79 Å². The number of hydroxylamine groups is 1. The molecule has 0 atom stereocenters. The summed E-state index contributed by atoms with van der Waals surface area (Å²) in [5.74, 6) is -0.664. The first-order chi connectivity index (χ1) is 5.25. The SMILES string of the molecule is O=C(NO)c1cnccc1Cl. The van der Waals surface area contributed by atoms with Crippen molar-refractivity contribution in [2.45, 2.75) is 0 Å². The third-order valence-electron chi connectivity index (χ3n) is 1.11. The van der Waals surface area contributed by atoms with Gasteiger partial charge >= 0.3 is 0 Å². The van der Waals surface area contributed by atoms with E-state index < -0.39 is 5.91 Å². The number of hydrogen-bond donors (Lipinski definition) is 2. The summed E-state index contributed by atoms with van der Waals surface area (Å²) in [5, 5.41) is 8.48. The van der Waals surface area contributed by atoms with E-state index in [1.807, 2.05) is 0 Å². The fraction of sp³-hybridized carbons (Fsp3) is 0. The average Bonchev–Trinajstić information content (AvgIpc) is 2.04. The van der Waals surface area contributed by atoms with Crippen LogP contribution in [-0.2, 0) is 0 Å². The largest absolute Gasteiger partial charge is 0.288 e. The topological polar surface area (TPSA) is 62.2 Å². The van der Waals surface area contributed by atoms with E-state index in [4.69, 9.17) is 16.8 Å². The molecule has 1 heterocycles. The van der Waals surface area contributed by atoms with Gasteiger partial charge in [-0.15, -0.1) is 0 Å². The van der Waals surface area contributed by atoms with Crippen LogP contribution in [0.25, 0.3) is 0 Å². The molecule has 0 spiro atoms. The second-order valence-corrected chi connectivity index (χ2v) is 2.20. The predicted molar refractivity (Wildman–Crippen MR) is 38.5 cm³/mol. The first kappa shape index (κ1) is 7.97. The first-order valence-electron chi connectivity index (χ1n) is 2.79. The molecule has 0 fully saturated rings. The Balaban J connectivity index is 3.03. The highest BCUT2D eigenvalue weighted by Gasteiger charge is 2.07. The van der Waals surface area contributed by atoms with Crippen molar-refractivity contribution in [2.24, 2.45) is 0 Å². The molecule has 1 amide bonds. The summed E-state index contributed by atoms with van der Waals surface area (Å²) in [7, 11) is 0. The van der Waals surface area contributed by atoms with E-state index in [2.05, 4.69) is 4.98 Å². The molecule has 1 aromatic rings. The van der Waals surface area contributed by atoms with E-state index in [1.165, 1.54) is 23.9 Å². The molecular weight excluding hydrogens is 168 g/mol. The van der Waals surface area contributed by atoms with Crippen LogP contribution in [0.4, 0.5) is 0 Å². The number of hydrogen-bond acceptors (Lipinski definition) is 3. The van der Waals surface area contributed by atoms with Gasteiger partial charge in [-0.25, -0.2) is 5.48 Å². The van der Waals surface area contributed by atoms with Gasteiger partial charge in [0, 0.05) is 12.4 Å². The molecule has 0 unspecified atom stereocenters. The van der Waals surface area contributed by atoms with Gasteiger partial charge in [0.15, 0.2) is 0 Å². The molecule has 1 rings (SSSR count). The van der Waals surface area contributed by atoms with Gasteiger partial charge in [-0.2, -0.15) is 0 Å². The predicted octanol–water partition coefficient (Wildman–Crippen LogP) is 0.854. The van der Waals surface area contributed by atoms with E-state index in [0.29, 0.717) is 0 Å². The standard InChI is InChI=1S/C6H5ClN2O2/c7-5-1-2-8-3-4(5)6(10)9-11/h1-3,11H,(H,9,10). The minimum atomic E-state index is -0.664. The monoisotopic (exact) mass is 172 g/mol. The Hall–Kier alpha value is -1.13. The van der Waals surface area contributed by atoms with Crippen LogP contribution in [0.1, 0.15) is 10.4 Å². The Morgan fingerprint density at radius 2 is 2.45 bits per heavy atom. The average molecular weight is 173 g/mol. The van der Waals surface area contributed by atoms with Crippen molar-refractivity contribution in [1.82, 2.24) is 10.5 Å². The van der Waals surface area contributed by atoms with Crippen LogP contribution < -0.4 is 5.48 Å². The van der Waals surface area contributed by atoms with Crippen LogP contribution >= 0.6 is 11.6 Å². The molecule has 4 nitrogen and oxygen atoms in total. The Kier molecular flexibility index (Phi) is 2.40. The van der Waals surface area contributed by atoms with Crippen molar-refractivity contribution in [3.05, 3.63) is 29.0 Å². The van der Waals surface area contributed by atoms with Crippen molar-refractivity contribution in [1.29, 1.82) is 0 Å². The minimum absolute atomic E-state index is 0.150. The van der Waals surface area contributed by atoms with E-state index >= 15 is 0 Å². The molecule has 0 radical (unpaired) electrons. The van der Waals surface area contributed by atoms with Gasteiger partial charge in [0.05, 0.1) is 10.6 Å². The number of nitrogens with one attached hydrogen (secondary N) is 1. The summed E-state index contributed by atoms with van der Waals surface area (Å²) in [5.41, 5.74) is 1.61. The van der Waals surface area contributed by atoms with Crippen molar-refractivity contribution in [3.8, 4) is 0 Å². The number of pyridine rings is 1. The zero-order chi connectivity index (χ0) is 8.27. The lowest BCUT2D eigenvalue weighted by atomic mass is 10.3. The summed E-state index contributed by atoms with van der Waals surface area (Å²) in [6.07, 6.45) is 2.73. The molecule has 5 heteroatoms. The Bertz CT molecular complexity index is 277. The van der Waals surface area contributed by atoms with E-state index in [0.717, 1.165) is 0 Å². The van der Waals surface area contributed by atoms with Crippen LogP contribution in [0.2, 0.25) is 5.02 Å². The van der Waals surface area contributed by atoms with Crippen LogP contribution in [0.15, 0.2) is 18.5 Å². The maximum atomic E-state index is 10.7. The summed E-state index contributed by atoms with van der Waals surface area (Å²) in [4.78, 5) is 14.4. The van der Waals surface area contributed by atoms with Crippen molar-refractivity contribution >= 4 is 17.5 Å². The number of rotatable bonds is 1. The molecule has 0 saturated carbocycles. The highest BCUT2D eigenvalue weighted by Crippen LogP contribution is 2.12. The molecule has 2 N–H and O–H groups in total. The molecule has 1 aromatic heterocycles. The zero-order valence-electron chi connectivity index (χ0n) is 5.41. The number of halogens is 1. The summed E-state index contributed by atoms with van der Waals surface area (Å²) in [6.45, 7) is 0. The van der Waals surface area contributed by atoms with E-state index in [-0.39, 0.29) is 10.6 Å². The van der Waals surface area contributed by atoms with Gasteiger partial charge in [-0.3, -0.25) is 15.0 Å². The first-order valence-corrected chi connectivity index (χ1v) is 3.17. The van der Waals surface area contributed by atoms with Crippen LogP contribution in [0.3, 0.4) is 0 Å². The number of aromatic nitrogens is 1. The van der Waals surface area contributed by atoms with Gasteiger partial charge in [-0.05, 0) is 6.07 Å². The number of carbonyl (C=O) groups is 1. The van der Waals surface area contributed by atoms with Crippen LogP contribution in [0, 0.1) is 0 Å². The van der Waals surface area contributed by atoms with Gasteiger partial charge in [0.1, 0.15) is 0 Å². The van der Waals surface area contributed by atoms with Gasteiger partial charge < -0.3 is 0 Å². The molecule has 58 valence electrons. The van der Waals surface area contributed by atoms with Crippen LogP contribution in [0.5, 0.6) is 0 Å². The Morgan fingerprint density at radius 1 is 1.73 bits per heavy atom. The second kappa shape index (κ2) is 3.32. The van der Waals surface area contributed by atoms with E-state index in [1.54, 1.807) is 0 Å². The quantitative estimate of drug-likeness (QED) is 0.488. The normalized spacial score (nSPS) is 9.27. The number of amides is 1. The zero-order valence-corrected chi connectivity index (χ0v) is 6.17. The summed E-state index contributed by atoms with van der Waals surface area (Å²) < 4.78 is 0. The lowest BCUT2D eigenvalue weighted by Crippen LogP contribution is -2.19. The smallest absolute Gasteiger partial charge is 0.277 e. The number of carbonyl (C=O) groups excluding carboxylic acids is 1. The maximum absolute atomic E-state index is 10.7. The molecule has 0 aliphatic carbocycles. The number of nitrogens with zero attached hydrogens (tertiary/aromatic N) is 1. The Labute approximate surface area is 67.8 Å². The van der Waals surface area contributed by atoms with Gasteiger partial charge in [-0.1, -0.05) is 11.6 Å². The second-order valence-electron chi connectivity index (χ2n) is 1.80. The van der Waals surface area contributed by atoms with Crippen molar-refractivity contribution in [3.63, 3.8) is 0 Å². The highest BCUT2D eigenvalue weighted by atomic mass is 35.5. The minimum Gasteiger partial charge on any atom is -0.288 e. The third-order valence-corrected chi connectivity index (χ3v) is 1.44. The molecule has 0 aromatic carbocycles. The third kappa shape index (κ3) is 1.66. The molecule has 0 aliphatic heterocycles. The molecule has 0 saturated heterocycles. The highest BCUT2D eigenvalue weighted by molar-refractivity contribution is 6.33. The maximum Gasteiger partial charge on any atom is 0.277 e. The van der Waals surface area contributed by atoms with Gasteiger partial charge in [0.2, 0.25) is 0 Å². The molecule has 0 bridgehead atoms. The van der Waals surface area contributed by atoms with Crippen LogP contribution in [-0.4, -0.2) is 16.1 Å². The fourth-order valence-electron chi connectivity index (χ4n) is 0.605. The summed E-state index contributed by atoms with van der Waals surface area (Å²) in [6, 6.07) is 1.46. The molecule has 0 aliphatic rings. The Morgan fingerprint density at radius 3 is 3.00 bits per heavy atom. The van der Waals surface area contributed by atoms with Crippen molar-refractivity contribution in [2.75, 3.05) is 0 Å². The lowest BCUT2D eigenvalue weighted by Gasteiger charge is -1.98. The lowest BCUT2D eigenvalue weighted by molar-refractivity contribution is 0.0706. The van der Waals surface area contributed by atoms with Crippen molar-refractivity contribution < 1.29 is 10.0 Å². The fourth-order valence-corrected chi connectivity index (χ4v) is 0.796. The summed E-state index contributed by atoms with van der Waals surface area (Å²) >= 11 is 5.59. The van der Waals surface area contributed by atoms with Gasteiger partial charge in [0.25, 0.3) is 5.91 Å².